The lowest BCUT2D eigenvalue weighted by Gasteiger charge is -2.24. The summed E-state index contributed by atoms with van der Waals surface area (Å²) in [5.41, 5.74) is 7.66. The van der Waals surface area contributed by atoms with E-state index in [1.807, 2.05) is 42.5 Å². The molecule has 0 atom stereocenters. The molecule has 6 nitrogen and oxygen atoms in total. The molecule has 6 heteroatoms. The maximum Gasteiger partial charge on any atom is 0.257 e. The molecule has 188 valence electrons. The van der Waals surface area contributed by atoms with E-state index in [-0.39, 0.29) is 5.91 Å². The van der Waals surface area contributed by atoms with Gasteiger partial charge >= 0.3 is 0 Å². The molecule has 1 amide bonds. The molecular formula is C32H29N5O. The summed E-state index contributed by atoms with van der Waals surface area (Å²) in [7, 11) is 0. The number of amides is 1. The summed E-state index contributed by atoms with van der Waals surface area (Å²) < 4.78 is 2.13. The Morgan fingerprint density at radius 1 is 0.763 bits per heavy atom. The lowest BCUT2D eigenvalue weighted by Crippen LogP contribution is -2.30. The molecule has 38 heavy (non-hydrogen) atoms. The van der Waals surface area contributed by atoms with Crippen LogP contribution < -0.4 is 10.2 Å². The van der Waals surface area contributed by atoms with E-state index >= 15 is 0 Å². The zero-order valence-corrected chi connectivity index (χ0v) is 21.2. The van der Waals surface area contributed by atoms with Gasteiger partial charge in [-0.25, -0.2) is 4.98 Å². The number of hydrogen-bond donors (Lipinski definition) is 1. The molecule has 1 aromatic heterocycles. The van der Waals surface area contributed by atoms with Gasteiger partial charge in [0.05, 0.1) is 28.0 Å². The highest BCUT2D eigenvalue weighted by Gasteiger charge is 2.25. The molecule has 0 spiro atoms. The first-order chi connectivity index (χ1) is 18.7. The molecule has 2 aliphatic heterocycles. The van der Waals surface area contributed by atoms with Gasteiger partial charge in [-0.15, -0.1) is 0 Å². The average molecular weight is 500 g/mol. The molecule has 0 radical (unpaired) electrons. The molecule has 1 fully saturated rings. The number of imidazole rings is 1. The summed E-state index contributed by atoms with van der Waals surface area (Å²) in [6.45, 7) is 5.22. The Kier molecular flexibility index (Phi) is 5.67. The number of aromatic nitrogens is 2. The molecule has 0 unspecified atom stereocenters. The van der Waals surface area contributed by atoms with Crippen molar-refractivity contribution < 1.29 is 4.79 Å². The topological polar surface area (TPSA) is 53.4 Å². The standard InChI is InChI=1S/C32H29N5O/c38-32-26-10-6-12-28-30(26)37(29-13-5-4-11-27(29)34-32)31(33-28)24-14-16-25(17-15-24)36-19-7-18-35(20-21-36)22-23-8-2-1-3-9-23/h1-6,8-17H,7,18-22H2,(H,34,38). The van der Waals surface area contributed by atoms with Crippen LogP contribution in [0, 0.1) is 0 Å². The van der Waals surface area contributed by atoms with Crippen LogP contribution in [-0.2, 0) is 6.54 Å². The van der Waals surface area contributed by atoms with Crippen molar-refractivity contribution in [2.45, 2.75) is 13.0 Å². The Bertz CT molecular complexity index is 1620. The van der Waals surface area contributed by atoms with E-state index < -0.39 is 0 Å². The summed E-state index contributed by atoms with van der Waals surface area (Å²) in [6.07, 6.45) is 1.14. The predicted molar refractivity (Wildman–Crippen MR) is 153 cm³/mol. The molecule has 1 saturated heterocycles. The molecule has 1 N–H and O–H groups in total. The molecule has 0 aliphatic carbocycles. The number of carbonyl (C=O) groups excluding carboxylic acids is 1. The Labute approximate surface area is 222 Å². The number of nitrogens with one attached hydrogen (secondary N) is 1. The van der Waals surface area contributed by atoms with Crippen molar-refractivity contribution in [2.24, 2.45) is 0 Å². The molecule has 2 aliphatic rings. The fraction of sp³-hybridized carbons (Fsp3) is 0.188. The number of rotatable bonds is 4. The maximum atomic E-state index is 13.0. The van der Waals surface area contributed by atoms with Crippen LogP contribution in [0.3, 0.4) is 0 Å². The van der Waals surface area contributed by atoms with E-state index in [1.165, 1.54) is 11.3 Å². The predicted octanol–water partition coefficient (Wildman–Crippen LogP) is 5.97. The van der Waals surface area contributed by atoms with Crippen LogP contribution in [0.2, 0.25) is 0 Å². The van der Waals surface area contributed by atoms with Crippen LogP contribution in [0.15, 0.2) is 97.1 Å². The zero-order chi connectivity index (χ0) is 25.5. The lowest BCUT2D eigenvalue weighted by molar-refractivity contribution is 0.102. The first-order valence-corrected chi connectivity index (χ1v) is 13.3. The third-order valence-electron chi connectivity index (χ3n) is 7.64. The third-order valence-corrected chi connectivity index (χ3v) is 7.64. The number of para-hydroxylation sites is 3. The van der Waals surface area contributed by atoms with Crippen molar-refractivity contribution in [1.29, 1.82) is 0 Å². The minimum Gasteiger partial charge on any atom is -0.370 e. The van der Waals surface area contributed by atoms with Crippen molar-refractivity contribution >= 4 is 28.3 Å². The number of hydrogen-bond acceptors (Lipinski definition) is 4. The van der Waals surface area contributed by atoms with Gasteiger partial charge in [-0.3, -0.25) is 14.3 Å². The second-order valence-electron chi connectivity index (χ2n) is 10.1. The van der Waals surface area contributed by atoms with Gasteiger partial charge in [0.25, 0.3) is 5.91 Å². The van der Waals surface area contributed by atoms with E-state index in [1.54, 1.807) is 0 Å². The highest BCUT2D eigenvalue weighted by Crippen LogP contribution is 2.36. The first kappa shape index (κ1) is 22.8. The second-order valence-corrected chi connectivity index (χ2v) is 10.1. The molecule has 3 heterocycles. The van der Waals surface area contributed by atoms with Crippen molar-refractivity contribution in [1.82, 2.24) is 14.5 Å². The van der Waals surface area contributed by atoms with Gasteiger partial charge in [-0.05, 0) is 60.5 Å². The van der Waals surface area contributed by atoms with Crippen LogP contribution >= 0.6 is 0 Å². The molecule has 7 rings (SSSR count). The quantitative estimate of drug-likeness (QED) is 0.331. The fourth-order valence-corrected chi connectivity index (χ4v) is 5.75. The van der Waals surface area contributed by atoms with Crippen LogP contribution in [0.5, 0.6) is 0 Å². The van der Waals surface area contributed by atoms with E-state index in [9.17, 15) is 4.79 Å². The number of benzene rings is 4. The van der Waals surface area contributed by atoms with Gasteiger partial charge in [0, 0.05) is 44.0 Å². The van der Waals surface area contributed by atoms with E-state index in [2.05, 4.69) is 74.3 Å². The van der Waals surface area contributed by atoms with Crippen molar-refractivity contribution in [3.8, 4) is 17.1 Å². The summed E-state index contributed by atoms with van der Waals surface area (Å²) in [4.78, 5) is 23.1. The Morgan fingerprint density at radius 2 is 1.58 bits per heavy atom. The normalized spacial score (nSPS) is 15.6. The van der Waals surface area contributed by atoms with Crippen molar-refractivity contribution in [2.75, 3.05) is 36.4 Å². The summed E-state index contributed by atoms with van der Waals surface area (Å²) >= 11 is 0. The number of fused-ring (bicyclic) bond motifs is 2. The van der Waals surface area contributed by atoms with Crippen LogP contribution in [-0.4, -0.2) is 46.5 Å². The summed E-state index contributed by atoms with van der Waals surface area (Å²) in [5.74, 6) is 0.735. The largest absolute Gasteiger partial charge is 0.370 e. The van der Waals surface area contributed by atoms with Crippen molar-refractivity contribution in [3.63, 3.8) is 0 Å². The van der Waals surface area contributed by atoms with E-state index in [0.717, 1.165) is 72.9 Å². The van der Waals surface area contributed by atoms with Crippen LogP contribution in [0.25, 0.3) is 28.1 Å². The van der Waals surface area contributed by atoms with Gasteiger partial charge < -0.3 is 10.2 Å². The monoisotopic (exact) mass is 499 g/mol. The lowest BCUT2D eigenvalue weighted by atomic mass is 10.1. The van der Waals surface area contributed by atoms with E-state index in [4.69, 9.17) is 4.98 Å². The summed E-state index contributed by atoms with van der Waals surface area (Å²) in [5, 5.41) is 3.07. The van der Waals surface area contributed by atoms with E-state index in [0.29, 0.717) is 5.56 Å². The minimum atomic E-state index is -0.105. The fourth-order valence-electron chi connectivity index (χ4n) is 5.75. The van der Waals surface area contributed by atoms with Gasteiger partial charge in [-0.2, -0.15) is 0 Å². The molecular weight excluding hydrogens is 470 g/mol. The average Bonchev–Trinajstić information content (AvgIpc) is 3.11. The molecule has 4 aromatic carbocycles. The van der Waals surface area contributed by atoms with Gasteiger partial charge in [0.1, 0.15) is 5.82 Å². The molecule has 5 aromatic rings. The number of nitrogens with zero attached hydrogens (tertiary/aromatic N) is 4. The van der Waals surface area contributed by atoms with Gasteiger partial charge in [-0.1, -0.05) is 48.5 Å². The first-order valence-electron chi connectivity index (χ1n) is 13.3. The Morgan fingerprint density at radius 3 is 2.45 bits per heavy atom. The maximum absolute atomic E-state index is 13.0. The highest BCUT2D eigenvalue weighted by atomic mass is 16.1. The smallest absolute Gasteiger partial charge is 0.257 e. The van der Waals surface area contributed by atoms with Crippen molar-refractivity contribution in [3.05, 3.63) is 108 Å². The molecule has 0 bridgehead atoms. The van der Waals surface area contributed by atoms with Crippen LogP contribution in [0.4, 0.5) is 11.4 Å². The number of anilines is 2. The SMILES string of the molecule is O=C1Nc2ccccc2-n2c(-c3ccc(N4CCCN(Cc5ccccc5)CC4)cc3)nc3cccc1c32. The number of carbonyl (C=O) groups is 1. The minimum absolute atomic E-state index is 0.105. The van der Waals surface area contributed by atoms with Gasteiger partial charge in [0.2, 0.25) is 0 Å². The Hall–Kier alpha value is -4.42. The zero-order valence-electron chi connectivity index (χ0n) is 21.2. The highest BCUT2D eigenvalue weighted by molar-refractivity contribution is 6.14. The summed E-state index contributed by atoms with van der Waals surface area (Å²) in [6, 6.07) is 33.2. The van der Waals surface area contributed by atoms with Crippen LogP contribution in [0.1, 0.15) is 22.3 Å². The Balaban J connectivity index is 1.19. The second kappa shape index (κ2) is 9.47. The van der Waals surface area contributed by atoms with Gasteiger partial charge in [0.15, 0.2) is 0 Å². The molecule has 0 saturated carbocycles. The third kappa shape index (κ3) is 4.03.